The number of nitrogens with zero attached hydrogens (tertiary/aromatic N) is 4. The Morgan fingerprint density at radius 1 is 0.484 bits per heavy atom. The Labute approximate surface area is 370 Å². The number of benzene rings is 1. The molecule has 4 heterocycles. The number of carbonyl (C=O) groups is 4. The first kappa shape index (κ1) is 38.5. The molecular weight excluding hydrogens is 817 g/mol. The second-order valence-corrected chi connectivity index (χ2v) is 22.8. The largest absolute Gasteiger partial charge is 0.465 e. The lowest BCUT2D eigenvalue weighted by molar-refractivity contribution is -0.123. The van der Waals surface area contributed by atoms with Crippen molar-refractivity contribution in [3.05, 3.63) is 23.3 Å². The third-order valence-corrected chi connectivity index (χ3v) is 19.7. The number of aliphatic imine (C=N–C) groups is 2. The van der Waals surface area contributed by atoms with Gasteiger partial charge in [-0.25, -0.2) is 9.98 Å². The van der Waals surface area contributed by atoms with Crippen LogP contribution in [0.25, 0.3) is 20.9 Å². The predicted molar refractivity (Wildman–Crippen MR) is 237 cm³/mol. The fourth-order valence-electron chi connectivity index (χ4n) is 14.7. The third kappa shape index (κ3) is 5.75. The normalized spacial score (nSPS) is 33.6. The molecule has 3 aromatic rings. The average Bonchev–Trinajstić information content (AvgIpc) is 4.02. The summed E-state index contributed by atoms with van der Waals surface area (Å²) < 4.78 is 14.2. The van der Waals surface area contributed by atoms with Crippen LogP contribution in [0, 0.1) is 47.3 Å². The zero-order valence-electron chi connectivity index (χ0n) is 35.4. The van der Waals surface area contributed by atoms with E-state index in [0.717, 1.165) is 122 Å². The molecule has 10 nitrogen and oxygen atoms in total. The molecule has 0 radical (unpaired) electrons. The molecule has 13 rings (SSSR count). The van der Waals surface area contributed by atoms with Gasteiger partial charge in [0.25, 0.3) is 0 Å². The zero-order valence-corrected chi connectivity index (χ0v) is 37.0. The Kier molecular flexibility index (Phi) is 8.89. The fourth-order valence-corrected chi connectivity index (χ4v) is 16.5. The number of hydrogen-bond acceptors (Lipinski definition) is 12. The molecule has 322 valence electrons. The molecule has 8 saturated carbocycles. The first-order valence-electron chi connectivity index (χ1n) is 24.2. The Morgan fingerprint density at radius 3 is 1.16 bits per heavy atom. The SMILES string of the molecule is O=C1C(=Nc2nc3c(s2)-c2cc4c(cc2C2(CCCCC2)O3)-c2sc(N=C3C(=O)C5CC6CCCCC6CC5C3=O)nc2OC42CCCCC2)C(=O)C2CC3CCCCC3CC12. The molecule has 8 fully saturated rings. The van der Waals surface area contributed by atoms with Gasteiger partial charge in [0.2, 0.25) is 22.0 Å². The highest BCUT2D eigenvalue weighted by molar-refractivity contribution is 7.19. The smallest absolute Gasteiger partial charge is 0.235 e. The molecule has 8 unspecified atom stereocenters. The van der Waals surface area contributed by atoms with Crippen LogP contribution < -0.4 is 9.47 Å². The molecule has 2 aromatic heterocycles. The minimum Gasteiger partial charge on any atom is -0.465 e. The van der Waals surface area contributed by atoms with Gasteiger partial charge in [0.1, 0.15) is 21.0 Å². The standard InChI is InChI=1S/C50H54N4O6S2/c55-39-29-19-25-11-3-4-12-26(25)20-30(29)40(56)37(39)51-47-53-45-43(61-47)33-24-36-34(23-35(33)49(59-45)15-7-1-8-16-49)44-46(60-50(36)17-9-2-10-18-50)54-48(62-44)52-38-41(57)31-21-27-13-5-6-14-28(27)22-32(31)42(38)58/h23-32H,1-22H2. The summed E-state index contributed by atoms with van der Waals surface area (Å²) >= 11 is 2.84. The van der Waals surface area contributed by atoms with Crippen LogP contribution in [-0.2, 0) is 30.4 Å². The summed E-state index contributed by atoms with van der Waals surface area (Å²) in [6, 6.07) is 4.65. The van der Waals surface area contributed by atoms with Gasteiger partial charge in [-0.1, -0.05) is 86.9 Å². The van der Waals surface area contributed by atoms with Crippen molar-refractivity contribution in [2.45, 2.75) is 152 Å². The Bertz CT molecular complexity index is 2280. The summed E-state index contributed by atoms with van der Waals surface area (Å²) in [7, 11) is 0. The van der Waals surface area contributed by atoms with Gasteiger partial charge in [-0.2, -0.15) is 9.97 Å². The van der Waals surface area contributed by atoms with Crippen molar-refractivity contribution in [1.82, 2.24) is 9.97 Å². The van der Waals surface area contributed by atoms with Crippen molar-refractivity contribution in [3.63, 3.8) is 0 Å². The number of ether oxygens (including phenoxy) is 2. The maximum absolute atomic E-state index is 13.9. The van der Waals surface area contributed by atoms with Crippen molar-refractivity contribution >= 4 is 67.5 Å². The minimum atomic E-state index is -0.583. The molecule has 0 bridgehead atoms. The first-order valence-corrected chi connectivity index (χ1v) is 25.8. The van der Waals surface area contributed by atoms with E-state index < -0.39 is 11.2 Å². The highest BCUT2D eigenvalue weighted by atomic mass is 32.1. The molecule has 62 heavy (non-hydrogen) atoms. The predicted octanol–water partition coefficient (Wildman–Crippen LogP) is 11.2. The van der Waals surface area contributed by atoms with Crippen molar-refractivity contribution < 1.29 is 28.7 Å². The zero-order chi connectivity index (χ0) is 41.5. The summed E-state index contributed by atoms with van der Waals surface area (Å²) in [4.78, 5) is 77.0. The van der Waals surface area contributed by atoms with E-state index in [1.54, 1.807) is 0 Å². The summed E-state index contributed by atoms with van der Waals surface area (Å²) in [6.45, 7) is 0. The number of ketones is 4. The van der Waals surface area contributed by atoms with E-state index in [-0.39, 0.29) is 58.2 Å². The molecular formula is C50H54N4O6S2. The van der Waals surface area contributed by atoms with Crippen LogP contribution in [0.2, 0.25) is 0 Å². The molecule has 0 amide bonds. The lowest BCUT2D eigenvalue weighted by Crippen LogP contribution is -2.40. The van der Waals surface area contributed by atoms with E-state index in [2.05, 4.69) is 12.1 Å². The van der Waals surface area contributed by atoms with E-state index in [1.165, 1.54) is 74.0 Å². The van der Waals surface area contributed by atoms with Crippen LogP contribution in [0.3, 0.4) is 0 Å². The van der Waals surface area contributed by atoms with Gasteiger partial charge in [-0.05, 0) is 113 Å². The summed E-state index contributed by atoms with van der Waals surface area (Å²) in [5, 5.41) is 0.817. The molecule has 12 heteroatoms. The Balaban J connectivity index is 0.893. The second-order valence-electron chi connectivity index (χ2n) is 20.9. The van der Waals surface area contributed by atoms with Gasteiger partial charge >= 0.3 is 0 Å². The number of carbonyl (C=O) groups excluding carboxylic acids is 4. The number of thiazole rings is 2. The van der Waals surface area contributed by atoms with Crippen LogP contribution in [0.15, 0.2) is 22.1 Å². The number of rotatable bonds is 2. The maximum atomic E-state index is 13.9. The van der Waals surface area contributed by atoms with E-state index >= 15 is 0 Å². The first-order chi connectivity index (χ1) is 30.3. The quantitative estimate of drug-likeness (QED) is 0.248. The summed E-state index contributed by atoms with van der Waals surface area (Å²) in [5.74, 6) is 1.94. The van der Waals surface area contributed by atoms with Crippen LogP contribution in [0.1, 0.15) is 152 Å². The Morgan fingerprint density at radius 2 is 0.823 bits per heavy atom. The van der Waals surface area contributed by atoms with Crippen LogP contribution in [0.5, 0.6) is 11.8 Å². The van der Waals surface area contributed by atoms with Gasteiger partial charge in [-0.3, -0.25) is 19.2 Å². The fraction of sp³-hybridized carbons (Fsp3) is 0.640. The van der Waals surface area contributed by atoms with Crippen LogP contribution in [-0.4, -0.2) is 44.5 Å². The number of hydrogen-bond donors (Lipinski definition) is 0. The highest BCUT2D eigenvalue weighted by Crippen LogP contribution is 2.61. The van der Waals surface area contributed by atoms with Gasteiger partial charge < -0.3 is 9.47 Å². The second kappa shape index (κ2) is 14.3. The Hall–Kier alpha value is -3.90. The number of Topliss-reactive ketones (excluding diaryl/α,β-unsaturated/α-hetero) is 4. The van der Waals surface area contributed by atoms with E-state index in [9.17, 15) is 19.2 Å². The minimum absolute atomic E-state index is 0.0877. The van der Waals surface area contributed by atoms with E-state index in [4.69, 9.17) is 29.4 Å². The molecule has 8 aliphatic carbocycles. The molecule has 2 aliphatic heterocycles. The number of aromatic nitrogens is 2. The molecule has 10 aliphatic rings. The van der Waals surface area contributed by atoms with Crippen molar-refractivity contribution in [2.24, 2.45) is 57.3 Å². The van der Waals surface area contributed by atoms with Crippen molar-refractivity contribution in [1.29, 1.82) is 0 Å². The van der Waals surface area contributed by atoms with E-state index in [0.29, 0.717) is 45.7 Å². The highest BCUT2D eigenvalue weighted by Gasteiger charge is 2.55. The number of fused-ring (bicyclic) bond motifs is 12. The molecule has 8 atom stereocenters. The van der Waals surface area contributed by atoms with E-state index in [1.807, 2.05) is 0 Å². The van der Waals surface area contributed by atoms with Crippen LogP contribution >= 0.6 is 22.7 Å². The summed E-state index contributed by atoms with van der Waals surface area (Å²) in [6.07, 6.45) is 22.6. The molecule has 2 spiro atoms. The van der Waals surface area contributed by atoms with Crippen LogP contribution in [0.4, 0.5) is 10.3 Å². The van der Waals surface area contributed by atoms with Gasteiger partial charge in [0.05, 0.1) is 0 Å². The van der Waals surface area contributed by atoms with Crippen molar-refractivity contribution in [3.8, 4) is 32.6 Å². The maximum Gasteiger partial charge on any atom is 0.235 e. The lowest BCUT2D eigenvalue weighted by Gasteiger charge is -2.45. The average molecular weight is 871 g/mol. The van der Waals surface area contributed by atoms with Gasteiger partial charge in [0.15, 0.2) is 34.6 Å². The summed E-state index contributed by atoms with van der Waals surface area (Å²) in [5.41, 5.74) is 3.41. The molecule has 1 aromatic carbocycles. The van der Waals surface area contributed by atoms with Gasteiger partial charge in [0, 0.05) is 45.9 Å². The van der Waals surface area contributed by atoms with Crippen molar-refractivity contribution in [2.75, 3.05) is 0 Å². The lowest BCUT2D eigenvalue weighted by atomic mass is 9.64. The monoisotopic (exact) mass is 870 g/mol. The van der Waals surface area contributed by atoms with Gasteiger partial charge in [-0.15, -0.1) is 0 Å². The molecule has 0 N–H and O–H groups in total. The topological polar surface area (TPSA) is 137 Å². The third-order valence-electron chi connectivity index (χ3n) is 17.7. The molecule has 0 saturated heterocycles.